The van der Waals surface area contributed by atoms with E-state index in [9.17, 15) is 42.6 Å². The number of carboxylic acids is 1. The van der Waals surface area contributed by atoms with Gasteiger partial charge in [0.25, 0.3) is 0 Å². The lowest BCUT2D eigenvalue weighted by Gasteiger charge is -2.61. The van der Waals surface area contributed by atoms with E-state index in [1.54, 1.807) is 66.7 Å². The van der Waals surface area contributed by atoms with Crippen LogP contribution in [0.15, 0.2) is 77.8 Å². The van der Waals surface area contributed by atoms with Crippen molar-refractivity contribution >= 4 is 81.7 Å². The maximum absolute atomic E-state index is 13.7. The number of benzene rings is 2. The lowest BCUT2D eigenvalue weighted by atomic mass is 9.48. The van der Waals surface area contributed by atoms with E-state index < -0.39 is 46.6 Å². The maximum Gasteiger partial charge on any atom is 0.410 e. The number of allylic oxidation sites excluding steroid dienone is 1. The molecule has 0 radical (unpaired) electrons. The Morgan fingerprint density at radius 2 is 1.75 bits per heavy atom. The van der Waals surface area contributed by atoms with Crippen LogP contribution in [0.4, 0.5) is 16.3 Å². The summed E-state index contributed by atoms with van der Waals surface area (Å²) in [6, 6.07) is 15.0. The van der Waals surface area contributed by atoms with Gasteiger partial charge in [-0.25, -0.2) is 18.8 Å². The predicted molar refractivity (Wildman–Crippen MR) is 331 cm³/mol. The van der Waals surface area contributed by atoms with Crippen molar-refractivity contribution in [3.63, 3.8) is 0 Å². The largest absolute Gasteiger partial charge is 0.476 e. The van der Waals surface area contributed by atoms with Crippen LogP contribution < -0.4 is 31.9 Å². The molecule has 458 valence electrons. The highest BCUT2D eigenvalue weighted by Gasteiger charge is 2.58. The fourth-order valence-electron chi connectivity index (χ4n) is 13.1. The standard InChI is InChI=1S/C62H87N9O11S2/c1-8-83-30-11-9-10-17-53(73)65-33-54(74)68-51(16-13-25-64-7)56(75)67-47-20-18-44(19-21-47)36-81-58(78)70(28-31-84(79)80)27-29-82-62-38-59(3,4)37-60(5,40-62)39-61(6,41-62)42-66-43(2)49(32-63)48-22-23-52(69-55(48)57(76)77)71-26-24-45-14-12-15-46(35-72)50(45)34-71/h8,12,14-15,18-23,32,35,51,64H,1,9-11,13,16-17,24-31,33-34,36-42,63H2,2-7H3,(H,65,73)(H,67,75)(H,68,74)(H,76,77)(H,79,80). The van der Waals surface area contributed by atoms with Crippen molar-refractivity contribution < 1.29 is 52.1 Å². The van der Waals surface area contributed by atoms with Crippen LogP contribution in [0.2, 0.25) is 0 Å². The molecular weight excluding hydrogens is 1110 g/mol. The second-order valence-electron chi connectivity index (χ2n) is 24.1. The van der Waals surface area contributed by atoms with Crippen LogP contribution >= 0.6 is 11.8 Å². The summed E-state index contributed by atoms with van der Waals surface area (Å²) in [5, 5.41) is 23.6. The quantitative estimate of drug-likeness (QED) is 0.0133. The second kappa shape index (κ2) is 31.1. The van der Waals surface area contributed by atoms with E-state index in [4.69, 9.17) is 20.2 Å². The Hall–Kier alpha value is -6.46. The smallest absolute Gasteiger partial charge is 0.410 e. The summed E-state index contributed by atoms with van der Waals surface area (Å²) in [5.74, 6) is -1.10. The molecule has 5 unspecified atom stereocenters. The van der Waals surface area contributed by atoms with Crippen LogP contribution in [0.25, 0.3) is 5.57 Å². The van der Waals surface area contributed by atoms with Crippen molar-refractivity contribution in [2.45, 2.75) is 136 Å². The Bertz CT molecular complexity index is 2900. The average molecular weight is 1200 g/mol. The number of hydrogen-bond donors (Lipinski definition) is 7. The molecule has 1 aliphatic heterocycles. The topological polar surface area (TPSA) is 284 Å². The van der Waals surface area contributed by atoms with Gasteiger partial charge < -0.3 is 55.9 Å². The van der Waals surface area contributed by atoms with Gasteiger partial charge in [0.1, 0.15) is 24.8 Å². The van der Waals surface area contributed by atoms with E-state index in [2.05, 4.69) is 60.5 Å². The number of hydrogen-bond acceptors (Lipinski definition) is 15. The number of unbranched alkanes of at least 4 members (excludes halogenated alkanes) is 2. The molecule has 22 heteroatoms. The molecule has 20 nitrogen and oxygen atoms in total. The Labute approximate surface area is 501 Å². The van der Waals surface area contributed by atoms with Crippen LogP contribution in [-0.4, -0.2) is 142 Å². The summed E-state index contributed by atoms with van der Waals surface area (Å²) in [5.41, 5.74) is 10.0. The minimum Gasteiger partial charge on any atom is -0.476 e. The number of thioether (sulfide) groups is 1. The zero-order valence-corrected chi connectivity index (χ0v) is 51.4. The number of aromatic nitrogens is 1. The third kappa shape index (κ3) is 19.5. The number of carboxylic acid groups (broad SMARTS) is 1. The van der Waals surface area contributed by atoms with Crippen LogP contribution in [-0.2, 0) is 54.5 Å². The van der Waals surface area contributed by atoms with Gasteiger partial charge in [-0.15, -0.1) is 11.8 Å². The number of nitrogens with zero attached hydrogens (tertiary/aromatic N) is 4. The van der Waals surface area contributed by atoms with Gasteiger partial charge in [0.15, 0.2) is 16.8 Å². The zero-order valence-electron chi connectivity index (χ0n) is 49.7. The van der Waals surface area contributed by atoms with E-state index in [0.717, 1.165) is 61.7 Å². The number of nitrogens with two attached hydrogens (primary N) is 1. The van der Waals surface area contributed by atoms with Gasteiger partial charge in [-0.3, -0.25) is 24.2 Å². The number of aromatic carboxylic acids is 1. The predicted octanol–water partition coefficient (Wildman–Crippen LogP) is 8.52. The van der Waals surface area contributed by atoms with Crippen LogP contribution in [0.3, 0.4) is 0 Å². The van der Waals surface area contributed by atoms with Crippen molar-refractivity contribution in [3.8, 4) is 0 Å². The van der Waals surface area contributed by atoms with E-state index in [-0.39, 0.29) is 66.4 Å². The molecule has 2 aliphatic carbocycles. The van der Waals surface area contributed by atoms with Crippen LogP contribution in [0, 0.1) is 16.2 Å². The monoisotopic (exact) mass is 1200 g/mol. The van der Waals surface area contributed by atoms with Gasteiger partial charge in [0, 0.05) is 73.4 Å². The first kappa shape index (κ1) is 66.7. The summed E-state index contributed by atoms with van der Waals surface area (Å²) in [6.45, 7) is 16.4. The van der Waals surface area contributed by atoms with Crippen molar-refractivity contribution in [2.75, 3.05) is 74.6 Å². The first-order valence-electron chi connectivity index (χ1n) is 29.0. The Morgan fingerprint density at radius 3 is 2.45 bits per heavy atom. The second-order valence-corrected chi connectivity index (χ2v) is 26.2. The molecular formula is C62H87N9O11S2. The molecule has 2 aromatic carbocycles. The molecule has 0 spiro atoms. The number of rotatable bonds is 32. The van der Waals surface area contributed by atoms with Gasteiger partial charge in [-0.1, -0.05) is 71.0 Å². The van der Waals surface area contributed by atoms with E-state index in [1.165, 1.54) is 11.1 Å². The third-order valence-corrected chi connectivity index (χ3v) is 17.2. The summed E-state index contributed by atoms with van der Waals surface area (Å²) < 4.78 is 34.4. The Morgan fingerprint density at radius 1 is 0.976 bits per heavy atom. The molecule has 3 aliphatic rings. The normalized spacial score (nSPS) is 20.8. The highest BCUT2D eigenvalue weighted by Crippen LogP contribution is 2.63. The van der Waals surface area contributed by atoms with Crippen molar-refractivity contribution in [2.24, 2.45) is 27.0 Å². The Kier molecular flexibility index (Phi) is 24.7. The highest BCUT2D eigenvalue weighted by molar-refractivity contribution is 8.02. The maximum atomic E-state index is 13.7. The first-order valence-corrected chi connectivity index (χ1v) is 31.3. The van der Waals surface area contributed by atoms with Gasteiger partial charge in [-0.2, -0.15) is 0 Å². The van der Waals surface area contributed by atoms with Crippen LogP contribution in [0.5, 0.6) is 0 Å². The van der Waals surface area contributed by atoms with Crippen LogP contribution in [0.1, 0.15) is 148 Å². The van der Waals surface area contributed by atoms with Crippen molar-refractivity contribution in [1.82, 2.24) is 25.8 Å². The van der Waals surface area contributed by atoms with Crippen molar-refractivity contribution in [3.05, 3.63) is 106 Å². The van der Waals surface area contributed by atoms with Gasteiger partial charge in [0.2, 0.25) is 17.7 Å². The molecule has 4 amide bonds. The fourth-order valence-corrected chi connectivity index (χ4v) is 14.0. The third-order valence-electron chi connectivity index (χ3n) is 15.9. The molecule has 2 bridgehead atoms. The summed E-state index contributed by atoms with van der Waals surface area (Å²) >= 11 is -0.548. The average Bonchev–Trinajstić information content (AvgIpc) is 0.932. The highest BCUT2D eigenvalue weighted by atomic mass is 32.2. The molecule has 2 saturated carbocycles. The number of nitrogens with one attached hydrogen (secondary N) is 4. The van der Waals surface area contributed by atoms with Gasteiger partial charge >= 0.3 is 12.1 Å². The van der Waals surface area contributed by atoms with E-state index in [0.29, 0.717) is 104 Å². The van der Waals surface area contributed by atoms with Crippen molar-refractivity contribution in [1.29, 1.82) is 0 Å². The minimum absolute atomic E-state index is 0.0550. The van der Waals surface area contributed by atoms with E-state index >= 15 is 0 Å². The summed E-state index contributed by atoms with van der Waals surface area (Å²) in [6.07, 6.45) is 10.1. The van der Waals surface area contributed by atoms with E-state index in [1.807, 2.05) is 24.0 Å². The number of fused-ring (bicyclic) bond motifs is 3. The molecule has 0 saturated heterocycles. The first-order chi connectivity index (χ1) is 40.0. The minimum atomic E-state index is -2.18. The zero-order chi connectivity index (χ0) is 61.1. The molecule has 8 N–H and O–H groups in total. The number of pyridine rings is 1. The molecule has 6 rings (SSSR count). The van der Waals surface area contributed by atoms with Gasteiger partial charge in [-0.05, 0) is 153 Å². The molecule has 3 aromatic rings. The lowest BCUT2D eigenvalue weighted by Crippen LogP contribution is -2.57. The molecule has 1 aromatic heterocycles. The number of ether oxygens (including phenoxy) is 2. The molecule has 2 heterocycles. The summed E-state index contributed by atoms with van der Waals surface area (Å²) in [4.78, 5) is 90.2. The number of amides is 4. The number of carbonyl (C=O) groups excluding carboxylic acids is 5. The lowest BCUT2D eigenvalue weighted by molar-refractivity contribution is -0.190. The number of aliphatic imine (C=N–C) groups is 1. The Balaban J connectivity index is 1.06. The molecule has 84 heavy (non-hydrogen) atoms. The fraction of sp³-hybridized carbons (Fsp3) is 0.548. The number of anilines is 2. The van der Waals surface area contributed by atoms with Gasteiger partial charge in [0.05, 0.1) is 24.5 Å². The molecule has 5 atom stereocenters. The number of aldehydes is 1. The SMILES string of the molecule is C=CSCCCCCC(=O)NCC(=O)NC(CCCNC)C(=O)Nc1ccc(COC(=O)N(CCOC23CC(C)(C)CC(C)(CC(C)(CN=C(C)C(=CN)c4ccc(N5CCc6cccc(C=O)c6C5)nc4C(=O)O)C2)C3)CCS(=O)O)cc1. The number of carbonyl (C=O) groups is 6. The molecule has 2 fully saturated rings. The summed E-state index contributed by atoms with van der Waals surface area (Å²) in [7, 11) is 1.80.